The van der Waals surface area contributed by atoms with Crippen LogP contribution in [0.5, 0.6) is 0 Å². The summed E-state index contributed by atoms with van der Waals surface area (Å²) in [5.41, 5.74) is 7.86. The molecule has 2 amide bonds. The van der Waals surface area contributed by atoms with Gasteiger partial charge in [0, 0.05) is 34.2 Å². The molecule has 1 heterocycles. The fraction of sp³-hybridized carbons (Fsp3) is 0.316. The number of nitrogen functional groups attached to an aromatic ring is 1. The second-order valence-corrected chi connectivity index (χ2v) is 6.34. The molecule has 1 saturated carbocycles. The molecule has 0 aliphatic heterocycles. The maximum Gasteiger partial charge on any atom is 0.320 e. The quantitative estimate of drug-likeness (QED) is 0.491. The Labute approximate surface area is 156 Å². The van der Waals surface area contributed by atoms with Gasteiger partial charge in [-0.2, -0.15) is 0 Å². The number of carbonyl (C=O) groups is 1. The molecule has 0 spiro atoms. The molecule has 1 fully saturated rings. The number of hydrogen-bond acceptors (Lipinski definition) is 5. The summed E-state index contributed by atoms with van der Waals surface area (Å²) in [7, 11) is 1.39. The van der Waals surface area contributed by atoms with Gasteiger partial charge in [-0.05, 0) is 18.4 Å². The maximum atomic E-state index is 12.4. The number of nitrogens with one attached hydrogen (secondary N) is 3. The Morgan fingerprint density at radius 2 is 2.12 bits per heavy atom. The van der Waals surface area contributed by atoms with Crippen molar-refractivity contribution in [3.63, 3.8) is 0 Å². The summed E-state index contributed by atoms with van der Waals surface area (Å²) in [5.74, 6) is 0.592. The minimum atomic E-state index is -0.306. The van der Waals surface area contributed by atoms with Crippen LogP contribution in [-0.2, 0) is 4.74 Å². The van der Waals surface area contributed by atoms with Crippen LogP contribution in [0.15, 0.2) is 42.6 Å². The van der Waals surface area contributed by atoms with Crippen LogP contribution < -0.4 is 16.4 Å². The fourth-order valence-electron chi connectivity index (χ4n) is 3.39. The number of hydrogen-bond donors (Lipinski definition) is 4. The van der Waals surface area contributed by atoms with E-state index in [1.807, 2.05) is 18.2 Å². The predicted octanol–water partition coefficient (Wildman–Crippen LogP) is 3.83. The van der Waals surface area contributed by atoms with Crippen molar-refractivity contribution >= 4 is 23.4 Å². The summed E-state index contributed by atoms with van der Waals surface area (Å²) in [6.07, 6.45) is 4.52. The van der Waals surface area contributed by atoms with Gasteiger partial charge in [-0.1, -0.05) is 36.8 Å². The highest BCUT2D eigenvalue weighted by atomic mass is 16.5. The molecule has 5 N–H and O–H groups in total. The lowest BCUT2D eigenvalue weighted by Gasteiger charge is -2.21. The first-order valence-electron chi connectivity index (χ1n) is 8.59. The third-order valence-corrected chi connectivity index (χ3v) is 4.69. The van der Waals surface area contributed by atoms with E-state index in [9.17, 15) is 4.79 Å². The number of urea groups is 1. The molecule has 142 valence electrons. The second kappa shape index (κ2) is 7.86. The highest BCUT2D eigenvalue weighted by molar-refractivity contribution is 5.97. The molecule has 1 aliphatic carbocycles. The fourth-order valence-corrected chi connectivity index (χ4v) is 3.39. The molecule has 7 heteroatoms. The number of ether oxygens (including phenoxy) is 1. The standard InChI is InChI=1S/C19H23N5O2.3H2/c1-26-18(21)14-11-22-17(10-15(14)20)24-19(25)23-16-9-5-8-13(16)12-6-3-2-4-7-12;;;/h2-4,6-7,10-11,13,16,21H,5,8-9H2,1H3,(H4,20,22,23,24,25);3*1H. The van der Waals surface area contributed by atoms with Crippen molar-refractivity contribution in [1.82, 2.24) is 10.3 Å². The monoisotopic (exact) mass is 359 g/mol. The predicted molar refractivity (Wildman–Crippen MR) is 108 cm³/mol. The van der Waals surface area contributed by atoms with E-state index in [0.29, 0.717) is 23.0 Å². The number of aromatic nitrogens is 1. The van der Waals surface area contributed by atoms with Gasteiger partial charge in [0.15, 0.2) is 0 Å². The lowest BCUT2D eigenvalue weighted by molar-refractivity contribution is 0.247. The summed E-state index contributed by atoms with van der Waals surface area (Å²) >= 11 is 0. The van der Waals surface area contributed by atoms with Crippen LogP contribution >= 0.6 is 0 Å². The van der Waals surface area contributed by atoms with Crippen LogP contribution in [0.1, 0.15) is 40.6 Å². The first kappa shape index (κ1) is 17.7. The van der Waals surface area contributed by atoms with E-state index in [1.165, 1.54) is 24.9 Å². The number of rotatable bonds is 4. The van der Waals surface area contributed by atoms with Crippen molar-refractivity contribution in [2.45, 2.75) is 31.2 Å². The van der Waals surface area contributed by atoms with Gasteiger partial charge in [0.25, 0.3) is 0 Å². The number of benzene rings is 1. The molecule has 2 atom stereocenters. The SMILES string of the molecule is COC(=N)c1cnc(NC(=O)NC2CCCC2c2ccccc2)cc1N.[HH].[HH].[HH]. The van der Waals surface area contributed by atoms with E-state index in [0.717, 1.165) is 19.3 Å². The number of carbonyl (C=O) groups excluding carboxylic acids is 1. The van der Waals surface area contributed by atoms with E-state index >= 15 is 0 Å². The van der Waals surface area contributed by atoms with Gasteiger partial charge in [0.05, 0.1) is 12.7 Å². The lowest BCUT2D eigenvalue weighted by Crippen LogP contribution is -2.39. The molecule has 3 rings (SSSR count). The Hall–Kier alpha value is -3.09. The largest absolute Gasteiger partial charge is 0.481 e. The summed E-state index contributed by atoms with van der Waals surface area (Å²) in [4.78, 5) is 16.5. The van der Waals surface area contributed by atoms with E-state index in [2.05, 4.69) is 27.8 Å². The number of nitrogens with two attached hydrogens (primary N) is 1. The minimum Gasteiger partial charge on any atom is -0.481 e. The van der Waals surface area contributed by atoms with Gasteiger partial charge in [-0.15, -0.1) is 0 Å². The summed E-state index contributed by atoms with van der Waals surface area (Å²) in [6.45, 7) is 0. The molecule has 0 radical (unpaired) electrons. The zero-order chi connectivity index (χ0) is 18.5. The molecular formula is C19H29N5O2. The molecule has 2 aromatic rings. The molecule has 7 nitrogen and oxygen atoms in total. The van der Waals surface area contributed by atoms with Crippen LogP contribution in [0, 0.1) is 5.41 Å². The number of methoxy groups -OCH3 is 1. The Morgan fingerprint density at radius 1 is 1.35 bits per heavy atom. The van der Waals surface area contributed by atoms with Crippen LogP contribution in [0.3, 0.4) is 0 Å². The Bertz CT molecular complexity index is 808. The van der Waals surface area contributed by atoms with Crippen LogP contribution in [-0.4, -0.2) is 30.1 Å². The summed E-state index contributed by atoms with van der Waals surface area (Å²) < 4.78 is 4.84. The minimum absolute atomic E-state index is 0. The van der Waals surface area contributed by atoms with Crippen LogP contribution in [0.4, 0.5) is 16.3 Å². The second-order valence-electron chi connectivity index (χ2n) is 6.34. The van der Waals surface area contributed by atoms with Gasteiger partial charge in [0.1, 0.15) is 5.82 Å². The van der Waals surface area contributed by atoms with Crippen molar-refractivity contribution in [2.24, 2.45) is 0 Å². The van der Waals surface area contributed by atoms with Gasteiger partial charge < -0.3 is 15.8 Å². The molecule has 1 aromatic carbocycles. The third-order valence-electron chi connectivity index (χ3n) is 4.69. The van der Waals surface area contributed by atoms with Crippen molar-refractivity contribution in [1.29, 1.82) is 5.41 Å². The average Bonchev–Trinajstić information content (AvgIpc) is 3.10. The highest BCUT2D eigenvalue weighted by Gasteiger charge is 2.29. The Balaban J connectivity index is 0.00000261. The zero-order valence-electron chi connectivity index (χ0n) is 14.7. The lowest BCUT2D eigenvalue weighted by atomic mass is 9.94. The topological polar surface area (TPSA) is 113 Å². The van der Waals surface area contributed by atoms with Crippen molar-refractivity contribution < 1.29 is 13.8 Å². The summed E-state index contributed by atoms with van der Waals surface area (Å²) in [5, 5.41) is 13.4. The molecule has 0 saturated heterocycles. The molecular weight excluding hydrogens is 330 g/mol. The first-order valence-corrected chi connectivity index (χ1v) is 8.59. The van der Waals surface area contributed by atoms with Gasteiger partial charge in [-0.25, -0.2) is 9.78 Å². The van der Waals surface area contributed by atoms with Crippen LogP contribution in [0.2, 0.25) is 0 Å². The maximum absolute atomic E-state index is 12.4. The number of amides is 2. The van der Waals surface area contributed by atoms with Gasteiger partial charge >= 0.3 is 6.03 Å². The van der Waals surface area contributed by atoms with Crippen molar-refractivity contribution in [3.05, 3.63) is 53.7 Å². The smallest absolute Gasteiger partial charge is 0.320 e. The Morgan fingerprint density at radius 3 is 2.81 bits per heavy atom. The molecule has 1 aliphatic rings. The molecule has 0 bridgehead atoms. The number of anilines is 2. The number of nitrogens with zero attached hydrogens (tertiary/aromatic N) is 1. The molecule has 1 aromatic heterocycles. The normalized spacial score (nSPS) is 19.0. The van der Waals surface area contributed by atoms with Crippen molar-refractivity contribution in [3.8, 4) is 0 Å². The van der Waals surface area contributed by atoms with E-state index in [1.54, 1.807) is 0 Å². The zero-order valence-corrected chi connectivity index (χ0v) is 14.7. The summed E-state index contributed by atoms with van der Waals surface area (Å²) in [6, 6.07) is 11.6. The Kier molecular flexibility index (Phi) is 5.36. The first-order chi connectivity index (χ1) is 12.6. The van der Waals surface area contributed by atoms with E-state index in [4.69, 9.17) is 15.9 Å². The molecule has 26 heavy (non-hydrogen) atoms. The van der Waals surface area contributed by atoms with E-state index in [-0.39, 0.29) is 22.3 Å². The van der Waals surface area contributed by atoms with E-state index < -0.39 is 0 Å². The van der Waals surface area contributed by atoms with Crippen LogP contribution in [0.25, 0.3) is 0 Å². The average molecular weight is 359 g/mol. The van der Waals surface area contributed by atoms with Crippen molar-refractivity contribution in [2.75, 3.05) is 18.2 Å². The van der Waals surface area contributed by atoms with Gasteiger partial charge in [0.2, 0.25) is 5.90 Å². The highest BCUT2D eigenvalue weighted by Crippen LogP contribution is 2.34. The molecule has 2 unspecified atom stereocenters. The van der Waals surface area contributed by atoms with Gasteiger partial charge in [-0.3, -0.25) is 10.7 Å². The number of pyridine rings is 1. The third kappa shape index (κ3) is 3.93.